The van der Waals surface area contributed by atoms with E-state index in [0.717, 1.165) is 191 Å². The van der Waals surface area contributed by atoms with E-state index in [1.54, 1.807) is 0 Å². The molecule has 2 fully saturated rings. The molecular weight excluding hydrogens is 1700 g/mol. The molecule has 0 atom stereocenters. The number of hydrogen-bond acceptors (Lipinski definition) is 8. The van der Waals surface area contributed by atoms with Gasteiger partial charge in [0.2, 0.25) is 0 Å². The Morgan fingerprint density at radius 1 is 0.235 bits per heavy atom. The van der Waals surface area contributed by atoms with E-state index in [4.69, 9.17) is 0 Å². The number of rotatable bonds is 68. The monoisotopic (exact) mass is 1910 g/mol. The Morgan fingerprint density at radius 2 is 0.485 bits per heavy atom. The van der Waals surface area contributed by atoms with Crippen LogP contribution in [-0.2, 0) is 0 Å². The first-order valence-electron chi connectivity index (χ1n) is 56.1. The Hall–Kier alpha value is -7.92. The smallest absolute Gasteiger partial charge is 0.319 e. The Morgan fingerprint density at radius 3 is 0.779 bits per heavy atom. The average Bonchev–Trinajstić information content (AvgIpc) is 0.840. The molecule has 0 spiro atoms. The van der Waals surface area contributed by atoms with Crippen molar-refractivity contribution in [3.05, 3.63) is 72.3 Å². The second-order valence-corrected chi connectivity index (χ2v) is 37.6. The van der Waals surface area contributed by atoms with Crippen LogP contribution in [0.25, 0.3) is 10.8 Å². The van der Waals surface area contributed by atoms with E-state index in [1.807, 2.05) is 88.4 Å². The van der Waals surface area contributed by atoms with Gasteiger partial charge < -0.3 is 85.1 Å². The van der Waals surface area contributed by atoms with Crippen LogP contribution in [-0.4, -0.2) is 138 Å². The van der Waals surface area contributed by atoms with E-state index >= 15 is 0 Å². The van der Waals surface area contributed by atoms with Gasteiger partial charge in [0.05, 0.1) is 0 Å². The summed E-state index contributed by atoms with van der Waals surface area (Å²) in [6, 6.07) is 22.7. The molecule has 0 saturated heterocycles. The van der Waals surface area contributed by atoms with E-state index < -0.39 is 0 Å². The van der Waals surface area contributed by atoms with Crippen LogP contribution in [0.4, 0.5) is 49.7 Å². The number of carbonyl (C=O) groups is 8. The maximum Gasteiger partial charge on any atom is 0.319 e. The number of carbonyl (C=O) groups excluding carboxylic acids is 8. The largest absolute Gasteiger partial charge is 0.338 e. The Bertz CT molecular complexity index is 3160. The molecule has 0 bridgehead atoms. The molecule has 24 heteroatoms. The number of benzene rings is 3. The molecule has 0 heterocycles. The third kappa shape index (κ3) is 99.1. The van der Waals surface area contributed by atoms with Crippen molar-refractivity contribution in [1.29, 1.82) is 0 Å². The van der Waals surface area contributed by atoms with Gasteiger partial charge >= 0.3 is 48.2 Å². The first-order valence-corrected chi connectivity index (χ1v) is 56.1. The quantitative estimate of drug-likeness (QED) is 0.0240. The third-order valence-electron chi connectivity index (χ3n) is 23.5. The van der Waals surface area contributed by atoms with Crippen LogP contribution in [0.15, 0.2) is 66.7 Å². The standard InChI is InChI=1S/C17H22N2O.C15H30N2O.C15H32N2O.C14H22N2O.C14H30N2O.C13H26N2O.2C12H26N2O/c1-2-3-4-7-12-18-17(20)19-16-11-10-14-8-5-6-9-15(14)13-16;1-2-3-4-5-6-10-13-16-15(18)17-14-11-8-7-9-12-14;1-3-5-7-9-10-12-14-17-15(18)16-13-11-8-6-4-2;1-3-4-5-6-10-15-14(17)16-13-9-7-8-12(2)11-13;1-3-5-7-8-9-11-13-16-14(17)15-12-10-6-4-2;1-2-3-4-5-6-7-11-14-13(16)15-12-9-8-10-12;1-4-5-6-7-8-9-10-13-12(15)14-11(2)3;1-3-5-6-7-8-9-11-14-12(15)13-10-4-2/h5-6,8-11,13H,2-4,7,12H2,1H3,(H2,18,19,20);14H,2-13H2,1H3,(H2,16,17,18);3-14H2,1-2H3,(H2,16,17,18);7-9,11H,3-6,10H2,1-2H3,(H2,15,16,17);3-13H2,1-2H3,(H2,15,16,17);12H,2-11H2,1H3,(H2,14,15,16);11H,4-10H2,1-3H3,(H2,13,14,15);3-11H2,1-2H3,(H2,13,14,15). The van der Waals surface area contributed by atoms with Crippen molar-refractivity contribution >= 4 is 70.4 Å². The van der Waals surface area contributed by atoms with Gasteiger partial charge in [-0.3, -0.25) is 0 Å². The highest BCUT2D eigenvalue weighted by Crippen LogP contribution is 2.21. The number of fused-ring (bicyclic) bond motifs is 1. The van der Waals surface area contributed by atoms with E-state index in [2.05, 4.69) is 160 Å². The van der Waals surface area contributed by atoms with Crippen molar-refractivity contribution in [2.75, 3.05) is 82.6 Å². The van der Waals surface area contributed by atoms with Crippen molar-refractivity contribution in [2.24, 2.45) is 0 Å². The summed E-state index contributed by atoms with van der Waals surface area (Å²) in [5.41, 5.74) is 2.82. The normalized spacial score (nSPS) is 11.7. The number of urea groups is 8. The van der Waals surface area contributed by atoms with Gasteiger partial charge in [-0.05, 0) is 164 Å². The summed E-state index contributed by atoms with van der Waals surface area (Å²) in [5.74, 6) is 0. The highest BCUT2D eigenvalue weighted by Gasteiger charge is 2.19. The molecule has 3 aromatic carbocycles. The summed E-state index contributed by atoms with van der Waals surface area (Å²) in [5, 5.41) is 48.6. The summed E-state index contributed by atoms with van der Waals surface area (Å²) in [6.07, 6.45) is 74.0. The first-order chi connectivity index (χ1) is 66.3. The molecule has 2 aliphatic carbocycles. The predicted molar refractivity (Wildman–Crippen MR) is 585 cm³/mol. The van der Waals surface area contributed by atoms with Crippen LogP contribution >= 0.6 is 0 Å². The van der Waals surface area contributed by atoms with Crippen LogP contribution in [0.1, 0.15) is 481 Å². The van der Waals surface area contributed by atoms with Crippen LogP contribution < -0.4 is 85.1 Å². The Kier molecular flexibility index (Phi) is 103. The lowest BCUT2D eigenvalue weighted by Gasteiger charge is -2.26. The SMILES string of the molecule is CCCCCCCCNC(=O)NC(C)C.CCCCCCCCNC(=O)NC1CCC1.CCCCCCCCNC(=O)NC1CCCCC1.CCCCCCCCNC(=O)NCCC.CCCCCCCCNC(=O)NCCCCC.CCCCCCCCNC(=O)NCCCCCC.CCCCCCNC(=O)Nc1ccc2ccccc2c1.CCCCCCNC(=O)Nc1cccc(C)c1. The summed E-state index contributed by atoms with van der Waals surface area (Å²) in [4.78, 5) is 91.3. The van der Waals surface area contributed by atoms with E-state index in [-0.39, 0.29) is 54.3 Å². The zero-order valence-electron chi connectivity index (χ0n) is 90.1. The molecule has 790 valence electrons. The highest BCUT2D eigenvalue weighted by molar-refractivity contribution is 5.93. The van der Waals surface area contributed by atoms with Gasteiger partial charge in [0.15, 0.2) is 0 Å². The first kappa shape index (κ1) is 132. The molecule has 16 N–H and O–H groups in total. The van der Waals surface area contributed by atoms with Crippen LogP contribution in [0.5, 0.6) is 0 Å². The maximum absolute atomic E-state index is 11.8. The molecule has 0 aromatic heterocycles. The molecule has 136 heavy (non-hydrogen) atoms. The summed E-state index contributed by atoms with van der Waals surface area (Å²) >= 11 is 0. The number of hydrogen-bond donors (Lipinski definition) is 16. The van der Waals surface area contributed by atoms with E-state index in [1.165, 1.54) is 294 Å². The van der Waals surface area contributed by atoms with Crippen molar-refractivity contribution in [3.8, 4) is 0 Å². The summed E-state index contributed by atoms with van der Waals surface area (Å²) in [7, 11) is 0. The Balaban J connectivity index is -0.00000149. The minimum atomic E-state index is -0.128. The third-order valence-corrected chi connectivity index (χ3v) is 23.5. The minimum Gasteiger partial charge on any atom is -0.338 e. The van der Waals surface area contributed by atoms with Crippen LogP contribution in [0.3, 0.4) is 0 Å². The van der Waals surface area contributed by atoms with Crippen LogP contribution in [0.2, 0.25) is 0 Å². The second-order valence-electron chi connectivity index (χ2n) is 37.6. The lowest BCUT2D eigenvalue weighted by molar-refractivity contribution is 0.228. The van der Waals surface area contributed by atoms with Gasteiger partial charge in [-0.15, -0.1) is 0 Å². The molecular formula is C112H214N16O8. The van der Waals surface area contributed by atoms with Gasteiger partial charge in [0.1, 0.15) is 0 Å². The van der Waals surface area contributed by atoms with Gasteiger partial charge in [-0.1, -0.05) is 401 Å². The summed E-state index contributed by atoms with van der Waals surface area (Å²) in [6.45, 7) is 38.8. The van der Waals surface area contributed by atoms with Gasteiger partial charge in [0.25, 0.3) is 0 Å². The molecule has 0 aliphatic heterocycles. The number of anilines is 2. The molecule has 0 radical (unpaired) electrons. The van der Waals surface area contributed by atoms with Crippen molar-refractivity contribution in [3.63, 3.8) is 0 Å². The lowest BCUT2D eigenvalue weighted by atomic mass is 9.93. The molecule has 24 nitrogen and oxygen atoms in total. The zero-order chi connectivity index (χ0) is 101. The molecule has 5 rings (SSSR count). The van der Waals surface area contributed by atoms with Crippen molar-refractivity contribution in [2.45, 2.75) is 500 Å². The summed E-state index contributed by atoms with van der Waals surface area (Å²) < 4.78 is 0. The topological polar surface area (TPSA) is 329 Å². The lowest BCUT2D eigenvalue weighted by Crippen LogP contribution is -2.45. The average molecular weight is 1910 g/mol. The highest BCUT2D eigenvalue weighted by atomic mass is 16.2. The van der Waals surface area contributed by atoms with Crippen molar-refractivity contribution in [1.82, 2.24) is 74.4 Å². The maximum atomic E-state index is 11.8. The van der Waals surface area contributed by atoms with Gasteiger partial charge in [-0.2, -0.15) is 0 Å². The zero-order valence-corrected chi connectivity index (χ0v) is 90.1. The molecule has 2 saturated carbocycles. The van der Waals surface area contributed by atoms with Gasteiger partial charge in [0, 0.05) is 101 Å². The van der Waals surface area contributed by atoms with Crippen molar-refractivity contribution < 1.29 is 38.4 Å². The van der Waals surface area contributed by atoms with E-state index in [0.29, 0.717) is 12.1 Å². The van der Waals surface area contributed by atoms with E-state index in [9.17, 15) is 38.4 Å². The fraction of sp³-hybridized carbons (Fsp3) is 0.786. The number of amides is 16. The molecule has 3 aromatic rings. The number of aryl methyl sites for hydroxylation is 1. The molecule has 16 amide bonds. The second kappa shape index (κ2) is 106. The van der Waals surface area contributed by atoms with Crippen LogP contribution in [0, 0.1) is 6.92 Å². The fourth-order valence-corrected chi connectivity index (χ4v) is 14.8. The number of nitrogens with one attached hydrogen (secondary N) is 16. The number of unbranched alkanes of at least 4 members (excludes halogenated alkanes) is 41. The predicted octanol–water partition coefficient (Wildman–Crippen LogP) is 29.6. The molecule has 0 unspecified atom stereocenters. The fourth-order valence-electron chi connectivity index (χ4n) is 14.8. The Labute approximate surface area is 833 Å². The minimum absolute atomic E-state index is 0.0000525. The van der Waals surface area contributed by atoms with Gasteiger partial charge in [-0.25, -0.2) is 38.4 Å². The molecule has 2 aliphatic rings.